The Morgan fingerprint density at radius 2 is 1.62 bits per heavy atom. The van der Waals surface area contributed by atoms with Gasteiger partial charge in [-0.1, -0.05) is 35.3 Å². The minimum atomic E-state index is 0.0807. The Morgan fingerprint density at radius 1 is 0.952 bits per heavy atom. The zero-order valence-corrected chi connectivity index (χ0v) is 13.9. The van der Waals surface area contributed by atoms with Gasteiger partial charge in [0.05, 0.1) is 0 Å². The molecule has 2 rings (SSSR count). The van der Waals surface area contributed by atoms with Crippen LogP contribution in [0.25, 0.3) is 0 Å². The Hall–Kier alpha value is -1.22. The molecule has 0 saturated heterocycles. The van der Waals surface area contributed by atoms with Crippen LogP contribution in [-0.2, 0) is 6.54 Å². The predicted molar refractivity (Wildman–Crippen MR) is 89.6 cm³/mol. The molecule has 2 aromatic carbocycles. The molecular formula is C17H19Cl2NO. The number of benzene rings is 2. The fourth-order valence-electron chi connectivity index (χ4n) is 1.81. The first-order valence-electron chi connectivity index (χ1n) is 6.80. The van der Waals surface area contributed by atoms with E-state index in [1.54, 1.807) is 18.2 Å². The van der Waals surface area contributed by atoms with E-state index >= 15 is 0 Å². The monoisotopic (exact) mass is 323 g/mol. The lowest BCUT2D eigenvalue weighted by atomic mass is 10.1. The molecule has 0 atom stereocenters. The number of hydrogen-bond donors (Lipinski definition) is 1. The summed E-state index contributed by atoms with van der Waals surface area (Å²) in [4.78, 5) is 0. The topological polar surface area (TPSA) is 21.3 Å². The highest BCUT2D eigenvalue weighted by molar-refractivity contribution is 6.34. The first-order valence-corrected chi connectivity index (χ1v) is 7.55. The highest BCUT2D eigenvalue weighted by atomic mass is 35.5. The molecule has 0 saturated carbocycles. The molecule has 2 aromatic rings. The molecule has 0 aliphatic rings. The molecule has 112 valence electrons. The molecule has 0 radical (unpaired) electrons. The van der Waals surface area contributed by atoms with Gasteiger partial charge in [-0.05, 0) is 56.7 Å². The standard InChI is InChI=1S/C17H19Cl2NO/c1-17(2,3)20-11-12-5-4-6-15(7-12)21-16-9-13(18)8-14(19)10-16/h4-10,20H,11H2,1-3H3. The van der Waals surface area contributed by atoms with Gasteiger partial charge in [0.15, 0.2) is 0 Å². The lowest BCUT2D eigenvalue weighted by molar-refractivity contribution is 0.423. The Bertz CT molecular complexity index is 600. The van der Waals surface area contributed by atoms with Crippen molar-refractivity contribution >= 4 is 23.2 Å². The molecule has 0 aliphatic heterocycles. The highest BCUT2D eigenvalue weighted by Gasteiger charge is 2.09. The number of hydrogen-bond acceptors (Lipinski definition) is 2. The van der Waals surface area contributed by atoms with Crippen LogP contribution in [0.1, 0.15) is 26.3 Å². The molecule has 0 bridgehead atoms. The van der Waals surface area contributed by atoms with Crippen molar-refractivity contribution in [2.24, 2.45) is 0 Å². The van der Waals surface area contributed by atoms with Crippen molar-refractivity contribution in [2.75, 3.05) is 0 Å². The maximum atomic E-state index is 5.97. The molecular weight excluding hydrogens is 305 g/mol. The second-order valence-electron chi connectivity index (χ2n) is 5.96. The Balaban J connectivity index is 2.10. The summed E-state index contributed by atoms with van der Waals surface area (Å²) in [5, 5.41) is 4.57. The minimum absolute atomic E-state index is 0.0807. The lowest BCUT2D eigenvalue weighted by Gasteiger charge is -2.20. The molecule has 0 amide bonds. The quantitative estimate of drug-likeness (QED) is 0.782. The third-order valence-electron chi connectivity index (χ3n) is 2.79. The number of rotatable bonds is 4. The maximum Gasteiger partial charge on any atom is 0.130 e. The van der Waals surface area contributed by atoms with Crippen LogP contribution in [-0.4, -0.2) is 5.54 Å². The minimum Gasteiger partial charge on any atom is -0.457 e. The van der Waals surface area contributed by atoms with E-state index in [9.17, 15) is 0 Å². The van der Waals surface area contributed by atoms with Crippen molar-refractivity contribution < 1.29 is 4.74 Å². The van der Waals surface area contributed by atoms with E-state index < -0.39 is 0 Å². The summed E-state index contributed by atoms with van der Waals surface area (Å²) < 4.78 is 5.82. The zero-order chi connectivity index (χ0) is 15.5. The van der Waals surface area contributed by atoms with Crippen molar-refractivity contribution in [2.45, 2.75) is 32.9 Å². The fraction of sp³-hybridized carbons (Fsp3) is 0.294. The number of nitrogens with one attached hydrogen (secondary N) is 1. The van der Waals surface area contributed by atoms with Gasteiger partial charge < -0.3 is 10.1 Å². The summed E-state index contributed by atoms with van der Waals surface area (Å²) >= 11 is 11.9. The predicted octanol–water partition coefficient (Wildman–Crippen LogP) is 5.67. The van der Waals surface area contributed by atoms with Gasteiger partial charge in [0.25, 0.3) is 0 Å². The Labute approximate surface area is 136 Å². The van der Waals surface area contributed by atoms with Gasteiger partial charge in [0.2, 0.25) is 0 Å². The summed E-state index contributed by atoms with van der Waals surface area (Å²) in [5.41, 5.74) is 1.24. The van der Waals surface area contributed by atoms with Crippen molar-refractivity contribution in [3.63, 3.8) is 0 Å². The van der Waals surface area contributed by atoms with Gasteiger partial charge in [-0.25, -0.2) is 0 Å². The van der Waals surface area contributed by atoms with Gasteiger partial charge >= 0.3 is 0 Å². The van der Waals surface area contributed by atoms with Gasteiger partial charge in [-0.2, -0.15) is 0 Å². The van der Waals surface area contributed by atoms with E-state index in [-0.39, 0.29) is 5.54 Å². The molecule has 0 aliphatic carbocycles. The van der Waals surface area contributed by atoms with Crippen LogP contribution in [0.4, 0.5) is 0 Å². The van der Waals surface area contributed by atoms with E-state index in [4.69, 9.17) is 27.9 Å². The van der Waals surface area contributed by atoms with Crippen molar-refractivity contribution in [3.8, 4) is 11.5 Å². The zero-order valence-electron chi connectivity index (χ0n) is 12.4. The second kappa shape index (κ2) is 6.69. The van der Waals surface area contributed by atoms with Gasteiger partial charge in [0, 0.05) is 22.1 Å². The highest BCUT2D eigenvalue weighted by Crippen LogP contribution is 2.28. The number of halogens is 2. The van der Waals surface area contributed by atoms with Crippen LogP contribution in [0, 0.1) is 0 Å². The molecule has 0 aromatic heterocycles. The Morgan fingerprint density at radius 3 is 2.24 bits per heavy atom. The van der Waals surface area contributed by atoms with Crippen LogP contribution in [0.15, 0.2) is 42.5 Å². The average molecular weight is 324 g/mol. The van der Waals surface area contributed by atoms with E-state index in [2.05, 4.69) is 32.2 Å². The number of ether oxygens (including phenoxy) is 1. The van der Waals surface area contributed by atoms with Crippen LogP contribution < -0.4 is 10.1 Å². The molecule has 21 heavy (non-hydrogen) atoms. The summed E-state index contributed by atoms with van der Waals surface area (Å²) in [7, 11) is 0. The molecule has 2 nitrogen and oxygen atoms in total. The molecule has 0 fully saturated rings. The van der Waals surface area contributed by atoms with Crippen LogP contribution >= 0.6 is 23.2 Å². The normalized spacial score (nSPS) is 11.5. The third-order valence-corrected chi connectivity index (χ3v) is 3.23. The lowest BCUT2D eigenvalue weighted by Crippen LogP contribution is -2.35. The van der Waals surface area contributed by atoms with E-state index in [1.807, 2.05) is 18.2 Å². The van der Waals surface area contributed by atoms with Crippen molar-refractivity contribution in [1.29, 1.82) is 0 Å². The summed E-state index contributed by atoms with van der Waals surface area (Å²) in [6, 6.07) is 13.1. The fourth-order valence-corrected chi connectivity index (χ4v) is 2.32. The molecule has 1 N–H and O–H groups in total. The first-order chi connectivity index (χ1) is 9.82. The molecule has 4 heteroatoms. The molecule has 0 spiro atoms. The van der Waals surface area contributed by atoms with E-state index in [0.29, 0.717) is 15.8 Å². The van der Waals surface area contributed by atoms with Gasteiger partial charge in [0.1, 0.15) is 11.5 Å². The summed E-state index contributed by atoms with van der Waals surface area (Å²) in [6.07, 6.45) is 0. The SMILES string of the molecule is CC(C)(C)NCc1cccc(Oc2cc(Cl)cc(Cl)c2)c1. The van der Waals surface area contributed by atoms with Crippen LogP contribution in [0.3, 0.4) is 0 Å². The molecule has 0 heterocycles. The Kier molecular flexibility index (Phi) is 5.15. The first kappa shape index (κ1) is 16.2. The third kappa shape index (κ3) is 5.58. The van der Waals surface area contributed by atoms with Crippen molar-refractivity contribution in [3.05, 3.63) is 58.1 Å². The average Bonchev–Trinajstić information content (AvgIpc) is 2.35. The van der Waals surface area contributed by atoms with Gasteiger partial charge in [-0.3, -0.25) is 0 Å². The summed E-state index contributed by atoms with van der Waals surface area (Å²) in [6.45, 7) is 7.21. The largest absolute Gasteiger partial charge is 0.457 e. The van der Waals surface area contributed by atoms with Crippen molar-refractivity contribution in [1.82, 2.24) is 5.32 Å². The van der Waals surface area contributed by atoms with Crippen LogP contribution in [0.5, 0.6) is 11.5 Å². The van der Waals surface area contributed by atoms with E-state index in [0.717, 1.165) is 17.9 Å². The smallest absolute Gasteiger partial charge is 0.130 e. The second-order valence-corrected chi connectivity index (χ2v) is 6.83. The molecule has 0 unspecified atom stereocenters. The maximum absolute atomic E-state index is 5.97. The van der Waals surface area contributed by atoms with Gasteiger partial charge in [-0.15, -0.1) is 0 Å². The summed E-state index contributed by atoms with van der Waals surface area (Å²) in [5.74, 6) is 1.40. The van der Waals surface area contributed by atoms with Crippen LogP contribution in [0.2, 0.25) is 10.0 Å². The van der Waals surface area contributed by atoms with E-state index in [1.165, 1.54) is 0 Å².